The van der Waals surface area contributed by atoms with Gasteiger partial charge in [-0.25, -0.2) is 0 Å². The van der Waals surface area contributed by atoms with Crippen LogP contribution in [-0.2, 0) is 9.59 Å². The van der Waals surface area contributed by atoms with Crippen LogP contribution in [0.5, 0.6) is 0 Å². The first kappa shape index (κ1) is 25.1. The Morgan fingerprint density at radius 2 is 1.63 bits per heavy atom. The van der Waals surface area contributed by atoms with E-state index in [4.69, 9.17) is 10.2 Å². The number of hydrogen-bond acceptors (Lipinski definition) is 4. The van der Waals surface area contributed by atoms with E-state index in [9.17, 15) is 19.8 Å². The number of allylic oxidation sites excluding steroid dienone is 4. The number of carbonyl (C=O) groups is 2. The van der Waals surface area contributed by atoms with Crippen molar-refractivity contribution in [2.75, 3.05) is 0 Å². The van der Waals surface area contributed by atoms with Crippen LogP contribution in [0.2, 0.25) is 0 Å². The summed E-state index contributed by atoms with van der Waals surface area (Å²) in [6, 6.07) is 0. The Kier molecular flexibility index (Phi) is 15.1. The van der Waals surface area contributed by atoms with Gasteiger partial charge in [-0.1, -0.05) is 43.4 Å². The van der Waals surface area contributed by atoms with Crippen LogP contribution in [0.4, 0.5) is 0 Å². The van der Waals surface area contributed by atoms with Gasteiger partial charge in [-0.15, -0.1) is 0 Å². The number of carboxylic acids is 2. The summed E-state index contributed by atoms with van der Waals surface area (Å²) < 4.78 is 0. The van der Waals surface area contributed by atoms with Gasteiger partial charge in [-0.05, 0) is 51.4 Å². The van der Waals surface area contributed by atoms with Gasteiger partial charge in [0.15, 0.2) is 0 Å². The van der Waals surface area contributed by atoms with Gasteiger partial charge < -0.3 is 20.4 Å². The molecule has 0 rings (SSSR count). The maximum Gasteiger partial charge on any atom is 0.306 e. The van der Waals surface area contributed by atoms with Crippen molar-refractivity contribution in [3.05, 3.63) is 36.5 Å². The molecule has 0 aromatic carbocycles. The Morgan fingerprint density at radius 1 is 0.926 bits per heavy atom. The second kappa shape index (κ2) is 16.3. The molecule has 27 heavy (non-hydrogen) atoms. The van der Waals surface area contributed by atoms with Crippen LogP contribution in [0, 0.1) is 5.92 Å². The summed E-state index contributed by atoms with van der Waals surface area (Å²) >= 11 is 0. The molecule has 4 N–H and O–H groups in total. The van der Waals surface area contributed by atoms with E-state index in [2.05, 4.69) is 0 Å². The third-order valence-corrected chi connectivity index (χ3v) is 4.24. The summed E-state index contributed by atoms with van der Waals surface area (Å²) in [4.78, 5) is 21.3. The van der Waals surface area contributed by atoms with Gasteiger partial charge in [0.1, 0.15) is 0 Å². The summed E-state index contributed by atoms with van der Waals surface area (Å²) in [7, 11) is 0. The lowest BCUT2D eigenvalue weighted by Gasteiger charge is -2.07. The fourth-order valence-electron chi connectivity index (χ4n) is 2.50. The highest BCUT2D eigenvalue weighted by Gasteiger charge is 2.13. The van der Waals surface area contributed by atoms with Gasteiger partial charge in [0.25, 0.3) is 0 Å². The molecule has 0 aliphatic carbocycles. The van der Waals surface area contributed by atoms with E-state index >= 15 is 0 Å². The number of rotatable bonds is 16. The van der Waals surface area contributed by atoms with Crippen LogP contribution < -0.4 is 0 Å². The Morgan fingerprint density at radius 3 is 2.26 bits per heavy atom. The molecular weight excluding hydrogens is 348 g/mol. The summed E-state index contributed by atoms with van der Waals surface area (Å²) in [5, 5.41) is 37.0. The minimum atomic E-state index is -0.857. The normalized spacial score (nSPS) is 15.5. The van der Waals surface area contributed by atoms with Gasteiger partial charge in [0.2, 0.25) is 0 Å². The topological polar surface area (TPSA) is 115 Å². The molecule has 0 bridgehead atoms. The van der Waals surface area contributed by atoms with Crippen molar-refractivity contribution < 1.29 is 30.0 Å². The predicted molar refractivity (Wildman–Crippen MR) is 105 cm³/mol. The summed E-state index contributed by atoms with van der Waals surface area (Å²) in [6.07, 6.45) is 14.6. The number of aliphatic hydroxyl groups is 2. The fraction of sp³-hybridized carbons (Fsp3) is 0.619. The average molecular weight is 382 g/mol. The standard InChI is InChI=1S/C21H34O6/c1-2-17(21(26)27)11-6-5-9-14-18(22)12-7-3-4-8-13-19(23)15-10-16-20(24)25/h3-5,8-9,13,17-19,22-23H,2,6-7,10-12,14-16H2,1H3,(H,24,25)(H,26,27)/b4-3+,9-5-,13-8-/t17?,18-,19-/m1/s1. The highest BCUT2D eigenvalue weighted by Crippen LogP contribution is 2.12. The smallest absolute Gasteiger partial charge is 0.306 e. The van der Waals surface area contributed by atoms with E-state index in [-0.39, 0.29) is 12.3 Å². The van der Waals surface area contributed by atoms with Crippen molar-refractivity contribution in [2.45, 2.75) is 76.9 Å². The molecule has 0 amide bonds. The SMILES string of the molecule is CCC(CC/C=C\C[C@H](O)CC/C=C/C=C\[C@@H](O)CCCC(=O)O)C(=O)O. The zero-order valence-electron chi connectivity index (χ0n) is 16.2. The van der Waals surface area contributed by atoms with Gasteiger partial charge in [-0.3, -0.25) is 9.59 Å². The molecular formula is C21H34O6. The first-order valence-electron chi connectivity index (χ1n) is 9.65. The lowest BCUT2D eigenvalue weighted by molar-refractivity contribution is -0.142. The lowest BCUT2D eigenvalue weighted by Crippen LogP contribution is -2.11. The zero-order valence-corrected chi connectivity index (χ0v) is 16.2. The van der Waals surface area contributed by atoms with Crippen molar-refractivity contribution >= 4 is 11.9 Å². The number of hydrogen-bond donors (Lipinski definition) is 4. The van der Waals surface area contributed by atoms with Crippen LogP contribution in [0.25, 0.3) is 0 Å². The second-order valence-corrected chi connectivity index (χ2v) is 6.63. The minimum Gasteiger partial charge on any atom is -0.481 e. The first-order chi connectivity index (χ1) is 12.9. The maximum atomic E-state index is 10.9. The third-order valence-electron chi connectivity index (χ3n) is 4.24. The number of aliphatic hydroxyl groups excluding tert-OH is 2. The molecule has 0 aromatic rings. The third kappa shape index (κ3) is 16.0. The highest BCUT2D eigenvalue weighted by atomic mass is 16.4. The molecule has 0 aromatic heterocycles. The molecule has 1 unspecified atom stereocenters. The molecule has 0 spiro atoms. The van der Waals surface area contributed by atoms with Crippen molar-refractivity contribution in [1.29, 1.82) is 0 Å². The molecule has 6 nitrogen and oxygen atoms in total. The van der Waals surface area contributed by atoms with E-state index in [0.717, 1.165) is 0 Å². The Bertz CT molecular complexity index is 495. The molecule has 6 heteroatoms. The average Bonchev–Trinajstić information content (AvgIpc) is 2.60. The summed E-state index contributed by atoms with van der Waals surface area (Å²) in [5.74, 6) is -1.90. The van der Waals surface area contributed by atoms with E-state index in [1.807, 2.05) is 25.2 Å². The van der Waals surface area contributed by atoms with Crippen molar-refractivity contribution in [3.8, 4) is 0 Å². The van der Waals surface area contributed by atoms with E-state index < -0.39 is 24.1 Å². The van der Waals surface area contributed by atoms with Crippen molar-refractivity contribution in [3.63, 3.8) is 0 Å². The monoisotopic (exact) mass is 382 g/mol. The van der Waals surface area contributed by atoms with Gasteiger partial charge in [0, 0.05) is 6.42 Å². The zero-order chi connectivity index (χ0) is 20.5. The fourth-order valence-corrected chi connectivity index (χ4v) is 2.50. The minimum absolute atomic E-state index is 0.0613. The van der Waals surface area contributed by atoms with Crippen molar-refractivity contribution in [2.24, 2.45) is 5.92 Å². The molecule has 0 aliphatic heterocycles. The molecule has 3 atom stereocenters. The van der Waals surface area contributed by atoms with Gasteiger partial charge in [-0.2, -0.15) is 0 Å². The molecule has 0 saturated heterocycles. The Balaban J connectivity index is 3.80. The van der Waals surface area contributed by atoms with E-state index in [1.165, 1.54) is 0 Å². The molecule has 154 valence electrons. The molecule has 0 fully saturated rings. The number of carboxylic acid groups (broad SMARTS) is 2. The molecule has 0 heterocycles. The van der Waals surface area contributed by atoms with E-state index in [1.54, 1.807) is 18.2 Å². The second-order valence-electron chi connectivity index (χ2n) is 6.63. The number of aliphatic carboxylic acids is 2. The quantitative estimate of drug-likeness (QED) is 0.239. The predicted octanol–water partition coefficient (Wildman–Crippen LogP) is 3.69. The van der Waals surface area contributed by atoms with Crippen LogP contribution in [-0.4, -0.2) is 44.6 Å². The van der Waals surface area contributed by atoms with Crippen LogP contribution >= 0.6 is 0 Å². The highest BCUT2D eigenvalue weighted by molar-refractivity contribution is 5.69. The lowest BCUT2D eigenvalue weighted by atomic mass is 10.0. The van der Waals surface area contributed by atoms with Gasteiger partial charge >= 0.3 is 11.9 Å². The molecule has 0 aliphatic rings. The van der Waals surface area contributed by atoms with Gasteiger partial charge in [0.05, 0.1) is 18.1 Å². The Hall–Kier alpha value is -1.92. The van der Waals surface area contributed by atoms with Crippen molar-refractivity contribution in [1.82, 2.24) is 0 Å². The summed E-state index contributed by atoms with van der Waals surface area (Å²) in [6.45, 7) is 1.87. The van der Waals surface area contributed by atoms with E-state index in [0.29, 0.717) is 51.4 Å². The van der Waals surface area contributed by atoms with Crippen LogP contribution in [0.3, 0.4) is 0 Å². The summed E-state index contributed by atoms with van der Waals surface area (Å²) in [5.41, 5.74) is 0. The largest absolute Gasteiger partial charge is 0.481 e. The Labute approximate surface area is 161 Å². The van der Waals surface area contributed by atoms with Crippen LogP contribution in [0.15, 0.2) is 36.5 Å². The molecule has 0 radical (unpaired) electrons. The first-order valence-corrected chi connectivity index (χ1v) is 9.65. The maximum absolute atomic E-state index is 10.9. The van der Waals surface area contributed by atoms with Crippen LogP contribution in [0.1, 0.15) is 64.7 Å². The molecule has 0 saturated carbocycles.